The number of ketones is 1. The molecule has 0 aliphatic carbocycles. The first-order chi connectivity index (χ1) is 9.20. The zero-order valence-electron chi connectivity index (χ0n) is 9.55. The molecule has 9 heteroatoms. The Labute approximate surface area is 108 Å². The van der Waals surface area contributed by atoms with E-state index < -0.39 is 53.5 Å². The SMILES string of the molecule is O=C1c2cc(F)cc(F)c2OC[C@H]1NC(=O)C(F)(F)F. The van der Waals surface area contributed by atoms with Crippen LogP contribution in [0.25, 0.3) is 0 Å². The van der Waals surface area contributed by atoms with Crippen molar-refractivity contribution in [2.75, 3.05) is 6.61 Å². The van der Waals surface area contributed by atoms with Gasteiger partial charge >= 0.3 is 12.1 Å². The van der Waals surface area contributed by atoms with Crippen molar-refractivity contribution < 1.29 is 36.3 Å². The summed E-state index contributed by atoms with van der Waals surface area (Å²) in [5.41, 5.74) is -0.554. The molecule has 0 aromatic heterocycles. The Morgan fingerprint density at radius 3 is 2.55 bits per heavy atom. The van der Waals surface area contributed by atoms with E-state index in [-0.39, 0.29) is 0 Å². The number of rotatable bonds is 1. The van der Waals surface area contributed by atoms with Gasteiger partial charge in [0.25, 0.3) is 0 Å². The monoisotopic (exact) mass is 295 g/mol. The highest BCUT2D eigenvalue weighted by atomic mass is 19.4. The lowest BCUT2D eigenvalue weighted by Gasteiger charge is -2.25. The number of carbonyl (C=O) groups is 2. The minimum absolute atomic E-state index is 0.473. The van der Waals surface area contributed by atoms with E-state index in [2.05, 4.69) is 0 Å². The average molecular weight is 295 g/mol. The van der Waals surface area contributed by atoms with Crippen LogP contribution in [0, 0.1) is 11.6 Å². The van der Waals surface area contributed by atoms with Gasteiger partial charge in [0, 0.05) is 6.07 Å². The summed E-state index contributed by atoms with van der Waals surface area (Å²) >= 11 is 0. The number of hydrogen-bond acceptors (Lipinski definition) is 3. The molecule has 1 aromatic rings. The topological polar surface area (TPSA) is 55.4 Å². The molecule has 4 nitrogen and oxygen atoms in total. The van der Waals surface area contributed by atoms with E-state index in [9.17, 15) is 31.5 Å². The highest BCUT2D eigenvalue weighted by Crippen LogP contribution is 2.29. The number of hydrogen-bond donors (Lipinski definition) is 1. The van der Waals surface area contributed by atoms with Gasteiger partial charge in [-0.05, 0) is 6.07 Å². The molecule has 1 aromatic carbocycles. The molecule has 1 N–H and O–H groups in total. The van der Waals surface area contributed by atoms with Crippen LogP contribution < -0.4 is 10.1 Å². The van der Waals surface area contributed by atoms with E-state index in [1.165, 1.54) is 5.32 Å². The van der Waals surface area contributed by atoms with Crippen LogP contribution in [0.5, 0.6) is 5.75 Å². The minimum atomic E-state index is -5.17. The number of nitrogens with one attached hydrogen (secondary N) is 1. The Balaban J connectivity index is 2.26. The first kappa shape index (κ1) is 14.2. The van der Waals surface area contributed by atoms with Gasteiger partial charge in [-0.15, -0.1) is 0 Å². The number of benzene rings is 1. The van der Waals surface area contributed by atoms with Crippen molar-refractivity contribution in [3.05, 3.63) is 29.3 Å². The predicted molar refractivity (Wildman–Crippen MR) is 54.2 cm³/mol. The van der Waals surface area contributed by atoms with Crippen LogP contribution in [0.4, 0.5) is 22.0 Å². The molecule has 0 bridgehead atoms. The Kier molecular flexibility index (Phi) is 3.36. The summed E-state index contributed by atoms with van der Waals surface area (Å²) in [6, 6.07) is -0.550. The standard InChI is InChI=1S/C11H6F5NO3/c12-4-1-5-8(18)7(17-10(19)11(14,15)16)3-20-9(5)6(13)2-4/h1-2,7H,3H2,(H,17,19)/t7-/m1/s1. The van der Waals surface area contributed by atoms with Crippen molar-refractivity contribution in [2.45, 2.75) is 12.2 Å². The van der Waals surface area contributed by atoms with Crippen molar-refractivity contribution in [1.29, 1.82) is 0 Å². The molecule has 0 unspecified atom stereocenters. The van der Waals surface area contributed by atoms with E-state index >= 15 is 0 Å². The number of amides is 1. The lowest BCUT2D eigenvalue weighted by Crippen LogP contribution is -2.51. The summed E-state index contributed by atoms with van der Waals surface area (Å²) in [6.07, 6.45) is -5.17. The second-order valence-electron chi connectivity index (χ2n) is 3.96. The molecule has 0 fully saturated rings. The molecular weight excluding hydrogens is 289 g/mol. The number of fused-ring (bicyclic) bond motifs is 1. The van der Waals surface area contributed by atoms with E-state index in [1.54, 1.807) is 0 Å². The van der Waals surface area contributed by atoms with Crippen molar-refractivity contribution in [2.24, 2.45) is 0 Å². The molecular formula is C11H6F5NO3. The zero-order valence-corrected chi connectivity index (χ0v) is 9.55. The van der Waals surface area contributed by atoms with Gasteiger partial charge < -0.3 is 10.1 Å². The smallest absolute Gasteiger partial charge is 0.471 e. The Hall–Kier alpha value is -2.19. The summed E-state index contributed by atoms with van der Waals surface area (Å²) in [4.78, 5) is 22.5. The fraction of sp³-hybridized carbons (Fsp3) is 0.273. The summed E-state index contributed by atoms with van der Waals surface area (Å²) in [5.74, 6) is -6.16. The van der Waals surface area contributed by atoms with Crippen LogP contribution in [0.1, 0.15) is 10.4 Å². The second kappa shape index (κ2) is 4.73. The first-order valence-electron chi connectivity index (χ1n) is 5.24. The molecule has 1 aliphatic rings. The van der Waals surface area contributed by atoms with Gasteiger partial charge in [0.15, 0.2) is 17.3 Å². The fourth-order valence-corrected chi connectivity index (χ4v) is 1.67. The van der Waals surface area contributed by atoms with Crippen LogP contribution in [-0.4, -0.2) is 30.5 Å². The first-order valence-corrected chi connectivity index (χ1v) is 5.24. The molecule has 2 rings (SSSR count). The molecule has 108 valence electrons. The molecule has 0 spiro atoms. The molecule has 20 heavy (non-hydrogen) atoms. The van der Waals surface area contributed by atoms with Crippen molar-refractivity contribution in [1.82, 2.24) is 5.32 Å². The Morgan fingerprint density at radius 1 is 1.30 bits per heavy atom. The maximum Gasteiger partial charge on any atom is 0.471 e. The van der Waals surface area contributed by atoms with E-state index in [4.69, 9.17) is 4.74 Å². The van der Waals surface area contributed by atoms with Crippen LogP contribution in [0.3, 0.4) is 0 Å². The summed E-state index contributed by atoms with van der Waals surface area (Å²) in [7, 11) is 0. The maximum absolute atomic E-state index is 13.3. The lowest BCUT2D eigenvalue weighted by molar-refractivity contribution is -0.174. The van der Waals surface area contributed by atoms with Crippen LogP contribution in [-0.2, 0) is 4.79 Å². The number of ether oxygens (including phenoxy) is 1. The lowest BCUT2D eigenvalue weighted by atomic mass is 10.0. The summed E-state index contributed by atoms with van der Waals surface area (Å²) in [5, 5.41) is 1.41. The van der Waals surface area contributed by atoms with Gasteiger partial charge in [0.2, 0.25) is 0 Å². The van der Waals surface area contributed by atoms with Gasteiger partial charge in [0.1, 0.15) is 18.5 Å². The third-order valence-electron chi connectivity index (χ3n) is 2.55. The van der Waals surface area contributed by atoms with Gasteiger partial charge in [-0.25, -0.2) is 8.78 Å². The Bertz CT molecular complexity index is 584. The number of halogens is 5. The van der Waals surface area contributed by atoms with Crippen molar-refractivity contribution in [3.63, 3.8) is 0 Å². The third-order valence-corrected chi connectivity index (χ3v) is 2.55. The highest BCUT2D eigenvalue weighted by molar-refractivity contribution is 6.05. The molecule has 1 aliphatic heterocycles. The number of carbonyl (C=O) groups excluding carboxylic acids is 2. The van der Waals surface area contributed by atoms with Gasteiger partial charge in [-0.2, -0.15) is 13.2 Å². The van der Waals surface area contributed by atoms with Gasteiger partial charge in [-0.3, -0.25) is 9.59 Å². The van der Waals surface area contributed by atoms with E-state index in [1.807, 2.05) is 0 Å². The normalized spacial score (nSPS) is 18.2. The van der Waals surface area contributed by atoms with Gasteiger partial charge in [0.05, 0.1) is 5.56 Å². The molecule has 0 saturated heterocycles. The van der Waals surface area contributed by atoms with Crippen LogP contribution in [0.15, 0.2) is 12.1 Å². The zero-order chi connectivity index (χ0) is 15.1. The van der Waals surface area contributed by atoms with Crippen LogP contribution in [0.2, 0.25) is 0 Å². The van der Waals surface area contributed by atoms with Crippen molar-refractivity contribution in [3.8, 4) is 5.75 Å². The number of Topliss-reactive ketones (excluding diaryl/α,β-unsaturated/α-hetero) is 1. The fourth-order valence-electron chi connectivity index (χ4n) is 1.67. The van der Waals surface area contributed by atoms with Gasteiger partial charge in [-0.1, -0.05) is 0 Å². The maximum atomic E-state index is 13.3. The molecule has 0 radical (unpaired) electrons. The average Bonchev–Trinajstić information content (AvgIpc) is 2.32. The van der Waals surface area contributed by atoms with E-state index in [0.29, 0.717) is 12.1 Å². The summed E-state index contributed by atoms with van der Waals surface area (Å²) in [6.45, 7) is -0.670. The quantitative estimate of drug-likeness (QED) is 0.800. The number of alkyl halides is 3. The predicted octanol–water partition coefficient (Wildman–Crippen LogP) is 1.59. The molecule has 1 amide bonds. The molecule has 0 saturated carbocycles. The van der Waals surface area contributed by atoms with Crippen LogP contribution >= 0.6 is 0 Å². The largest absolute Gasteiger partial charge is 0.487 e. The second-order valence-corrected chi connectivity index (χ2v) is 3.96. The molecule has 1 atom stereocenters. The Morgan fingerprint density at radius 2 is 1.95 bits per heavy atom. The third kappa shape index (κ3) is 2.56. The summed E-state index contributed by atoms with van der Waals surface area (Å²) < 4.78 is 67.3. The van der Waals surface area contributed by atoms with E-state index in [0.717, 1.165) is 0 Å². The molecule has 1 heterocycles. The highest BCUT2D eigenvalue weighted by Gasteiger charge is 2.42. The van der Waals surface area contributed by atoms with Crippen molar-refractivity contribution >= 4 is 11.7 Å². The minimum Gasteiger partial charge on any atom is -0.487 e.